The number of furan rings is 1. The highest BCUT2D eigenvalue weighted by Gasteiger charge is 2.19. The molecule has 2 heterocycles. The number of carbonyl (C=O) groups is 2. The fourth-order valence-corrected chi connectivity index (χ4v) is 3.37. The van der Waals surface area contributed by atoms with E-state index in [0.717, 1.165) is 0 Å². The van der Waals surface area contributed by atoms with Crippen molar-refractivity contribution in [1.29, 1.82) is 5.26 Å². The molecule has 0 unspecified atom stereocenters. The van der Waals surface area contributed by atoms with Crippen molar-refractivity contribution in [3.63, 3.8) is 0 Å². The Labute approximate surface area is 172 Å². The van der Waals surface area contributed by atoms with E-state index >= 15 is 0 Å². The van der Waals surface area contributed by atoms with Gasteiger partial charge in [-0.1, -0.05) is 23.9 Å². The molecule has 7 nitrogen and oxygen atoms in total. The van der Waals surface area contributed by atoms with Crippen LogP contribution in [0.15, 0.2) is 70.4 Å². The van der Waals surface area contributed by atoms with Crippen LogP contribution in [0.1, 0.15) is 21.7 Å². The summed E-state index contributed by atoms with van der Waals surface area (Å²) in [7, 11) is 1.63. The third-order valence-electron chi connectivity index (χ3n) is 4.09. The third kappa shape index (κ3) is 5.24. The van der Waals surface area contributed by atoms with Crippen molar-refractivity contribution in [1.82, 2.24) is 10.3 Å². The molecule has 0 bridgehead atoms. The Bertz CT molecular complexity index is 1040. The molecule has 0 saturated heterocycles. The number of carbonyl (C=O) groups excluding carboxylic acids is 2. The topological polar surface area (TPSA) is 99.2 Å². The second-order valence-corrected chi connectivity index (χ2v) is 7.01. The highest BCUT2D eigenvalue weighted by Crippen LogP contribution is 2.22. The Kier molecular flexibility index (Phi) is 6.66. The highest BCUT2D eigenvalue weighted by atomic mass is 32.2. The Morgan fingerprint density at radius 2 is 2.07 bits per heavy atom. The molecule has 146 valence electrons. The number of para-hydroxylation sites is 1. The number of thioether (sulfide) groups is 1. The molecule has 1 N–H and O–H groups in total. The SMILES string of the molecule is CN(C(=O)CSc1cc(C#N)ccn1)c1ccccc1C(=O)NCc1ccco1. The summed E-state index contributed by atoms with van der Waals surface area (Å²) in [5.41, 5.74) is 1.39. The fourth-order valence-electron chi connectivity index (χ4n) is 2.56. The van der Waals surface area contributed by atoms with Crippen LogP contribution in [-0.4, -0.2) is 29.6 Å². The number of rotatable bonds is 7. The van der Waals surface area contributed by atoms with E-state index in [-0.39, 0.29) is 24.1 Å². The van der Waals surface area contributed by atoms with Crippen molar-refractivity contribution >= 4 is 29.3 Å². The largest absolute Gasteiger partial charge is 0.467 e. The summed E-state index contributed by atoms with van der Waals surface area (Å²) in [5, 5.41) is 12.3. The van der Waals surface area contributed by atoms with E-state index in [0.29, 0.717) is 27.6 Å². The Balaban J connectivity index is 1.66. The lowest BCUT2D eigenvalue weighted by atomic mass is 10.1. The fraction of sp³-hybridized carbons (Fsp3) is 0.143. The molecule has 8 heteroatoms. The lowest BCUT2D eigenvalue weighted by molar-refractivity contribution is -0.115. The van der Waals surface area contributed by atoms with Gasteiger partial charge < -0.3 is 14.6 Å². The summed E-state index contributed by atoms with van der Waals surface area (Å²) in [6.07, 6.45) is 3.08. The molecule has 3 aromatic rings. The molecular formula is C21H18N4O3S. The summed E-state index contributed by atoms with van der Waals surface area (Å²) in [5.74, 6) is 0.280. The maximum Gasteiger partial charge on any atom is 0.253 e. The summed E-state index contributed by atoms with van der Waals surface area (Å²) < 4.78 is 5.22. The maximum atomic E-state index is 12.7. The molecule has 0 spiro atoms. The number of nitriles is 1. The number of benzene rings is 1. The number of nitrogens with zero attached hydrogens (tertiary/aromatic N) is 3. The zero-order chi connectivity index (χ0) is 20.6. The molecule has 1 aromatic carbocycles. The standard InChI is InChI=1S/C21H18N4O3S/c1-25(20(26)14-29-19-11-15(12-22)8-9-23-19)18-7-3-2-6-17(18)21(27)24-13-16-5-4-10-28-16/h2-11H,13-14H2,1H3,(H,24,27). The number of aromatic nitrogens is 1. The van der Waals surface area contributed by atoms with Crippen molar-refractivity contribution in [2.45, 2.75) is 11.6 Å². The van der Waals surface area contributed by atoms with Gasteiger partial charge in [0.15, 0.2) is 0 Å². The second kappa shape index (κ2) is 9.57. The summed E-state index contributed by atoms with van der Waals surface area (Å²) in [6, 6.07) is 15.7. The van der Waals surface area contributed by atoms with E-state index in [1.54, 1.807) is 61.8 Å². The maximum absolute atomic E-state index is 12.7. The summed E-state index contributed by atoms with van der Waals surface area (Å²) in [6.45, 7) is 0.259. The lowest BCUT2D eigenvalue weighted by Gasteiger charge is -2.20. The first-order valence-corrected chi connectivity index (χ1v) is 9.72. The van der Waals surface area contributed by atoms with Gasteiger partial charge in [-0.05, 0) is 36.4 Å². The van der Waals surface area contributed by atoms with Crippen LogP contribution in [0.3, 0.4) is 0 Å². The van der Waals surface area contributed by atoms with E-state index < -0.39 is 0 Å². The van der Waals surface area contributed by atoms with Gasteiger partial charge >= 0.3 is 0 Å². The van der Waals surface area contributed by atoms with Crippen LogP contribution in [0.2, 0.25) is 0 Å². The first-order chi connectivity index (χ1) is 14.1. The van der Waals surface area contributed by atoms with Crippen LogP contribution in [0.5, 0.6) is 0 Å². The molecule has 0 saturated carbocycles. The monoisotopic (exact) mass is 406 g/mol. The van der Waals surface area contributed by atoms with E-state index in [1.165, 1.54) is 22.9 Å². The van der Waals surface area contributed by atoms with Crippen molar-refractivity contribution < 1.29 is 14.0 Å². The predicted octanol–water partition coefficient (Wildman–Crippen LogP) is 3.23. The van der Waals surface area contributed by atoms with Crippen molar-refractivity contribution in [3.05, 3.63) is 77.9 Å². The Hall–Kier alpha value is -3.57. The molecule has 2 aromatic heterocycles. The number of amides is 2. The molecule has 0 radical (unpaired) electrons. The van der Waals surface area contributed by atoms with Gasteiger partial charge in [-0.25, -0.2) is 4.98 Å². The second-order valence-electron chi connectivity index (χ2n) is 6.02. The van der Waals surface area contributed by atoms with Crippen LogP contribution >= 0.6 is 11.8 Å². The molecular weight excluding hydrogens is 388 g/mol. The third-order valence-corrected chi connectivity index (χ3v) is 5.01. The van der Waals surface area contributed by atoms with Crippen LogP contribution in [0.25, 0.3) is 0 Å². The van der Waals surface area contributed by atoms with Gasteiger partial charge in [0, 0.05) is 13.2 Å². The minimum absolute atomic E-state index is 0.126. The first kappa shape index (κ1) is 20.2. The van der Waals surface area contributed by atoms with E-state index in [1.807, 2.05) is 6.07 Å². The average molecular weight is 406 g/mol. The minimum atomic E-state index is -0.298. The van der Waals surface area contributed by atoms with Gasteiger partial charge in [0.1, 0.15) is 5.76 Å². The molecule has 0 atom stereocenters. The smallest absolute Gasteiger partial charge is 0.253 e. The molecule has 0 fully saturated rings. The molecule has 0 aliphatic carbocycles. The van der Waals surface area contributed by atoms with Gasteiger partial charge in [-0.15, -0.1) is 0 Å². The number of nitrogens with one attached hydrogen (secondary N) is 1. The van der Waals surface area contributed by atoms with E-state index in [2.05, 4.69) is 10.3 Å². The van der Waals surface area contributed by atoms with Gasteiger partial charge in [0.25, 0.3) is 5.91 Å². The van der Waals surface area contributed by atoms with Crippen molar-refractivity contribution in [2.24, 2.45) is 0 Å². The quantitative estimate of drug-likeness (QED) is 0.605. The first-order valence-electron chi connectivity index (χ1n) is 8.73. The normalized spacial score (nSPS) is 10.2. The van der Waals surface area contributed by atoms with E-state index in [4.69, 9.17) is 9.68 Å². The van der Waals surface area contributed by atoms with Gasteiger partial charge in [-0.3, -0.25) is 9.59 Å². The Morgan fingerprint density at radius 1 is 1.24 bits per heavy atom. The van der Waals surface area contributed by atoms with Gasteiger partial charge in [-0.2, -0.15) is 5.26 Å². The van der Waals surface area contributed by atoms with Crippen LogP contribution in [0, 0.1) is 11.3 Å². The number of hydrogen-bond donors (Lipinski definition) is 1. The predicted molar refractivity (Wildman–Crippen MR) is 109 cm³/mol. The minimum Gasteiger partial charge on any atom is -0.467 e. The average Bonchev–Trinajstić information content (AvgIpc) is 3.29. The Morgan fingerprint density at radius 3 is 2.83 bits per heavy atom. The number of hydrogen-bond acceptors (Lipinski definition) is 6. The zero-order valence-electron chi connectivity index (χ0n) is 15.7. The van der Waals surface area contributed by atoms with Crippen molar-refractivity contribution in [2.75, 3.05) is 17.7 Å². The lowest BCUT2D eigenvalue weighted by Crippen LogP contribution is -2.31. The summed E-state index contributed by atoms with van der Waals surface area (Å²) >= 11 is 1.24. The van der Waals surface area contributed by atoms with Gasteiger partial charge in [0.2, 0.25) is 5.91 Å². The molecule has 2 amide bonds. The number of anilines is 1. The zero-order valence-corrected chi connectivity index (χ0v) is 16.5. The van der Waals surface area contributed by atoms with Gasteiger partial charge in [0.05, 0.1) is 46.5 Å². The van der Waals surface area contributed by atoms with E-state index in [9.17, 15) is 9.59 Å². The number of pyridine rings is 1. The molecule has 3 rings (SSSR count). The molecule has 0 aliphatic rings. The van der Waals surface area contributed by atoms with Crippen LogP contribution in [0.4, 0.5) is 5.69 Å². The van der Waals surface area contributed by atoms with Crippen molar-refractivity contribution in [3.8, 4) is 6.07 Å². The van der Waals surface area contributed by atoms with Crippen LogP contribution in [-0.2, 0) is 11.3 Å². The molecule has 0 aliphatic heterocycles. The highest BCUT2D eigenvalue weighted by molar-refractivity contribution is 7.99. The van der Waals surface area contributed by atoms with Crippen LogP contribution < -0.4 is 10.2 Å². The summed E-state index contributed by atoms with van der Waals surface area (Å²) in [4.78, 5) is 30.9. The molecule has 29 heavy (non-hydrogen) atoms.